The van der Waals surface area contributed by atoms with Crippen molar-refractivity contribution in [1.82, 2.24) is 0 Å². The van der Waals surface area contributed by atoms with Crippen LogP contribution in [0.15, 0.2) is 170 Å². The highest BCUT2D eigenvalue weighted by Gasteiger charge is 2.41. The maximum absolute atomic E-state index is 14.9. The van der Waals surface area contributed by atoms with Gasteiger partial charge in [0.1, 0.15) is 0 Å². The second-order valence-electron chi connectivity index (χ2n) is 26.8. The molecule has 2 aliphatic rings. The fraction of sp³-hybridized carbons (Fsp3) is 0.225. The second-order valence-corrected chi connectivity index (χ2v) is 26.8. The first-order valence-electron chi connectivity index (χ1n) is 30.7. The lowest BCUT2D eigenvalue weighted by atomic mass is 9.72. The minimum atomic E-state index is -0.397. The van der Waals surface area contributed by atoms with Gasteiger partial charge in [-0.3, -0.25) is 19.2 Å². The summed E-state index contributed by atoms with van der Waals surface area (Å²) in [7, 11) is 0. The molecule has 0 saturated heterocycles. The van der Waals surface area contributed by atoms with Crippen molar-refractivity contribution in [3.05, 3.63) is 237 Å². The van der Waals surface area contributed by atoms with Gasteiger partial charge in [-0.05, 0) is 168 Å². The Morgan fingerprint density at radius 2 is 0.512 bits per heavy atom. The predicted molar refractivity (Wildman–Crippen MR) is 358 cm³/mol. The minimum Gasteiger partial charge on any atom is -0.268 e. The van der Waals surface area contributed by atoms with E-state index in [4.69, 9.17) is 0 Å². The number of para-hydroxylation sites is 2. The van der Waals surface area contributed by atoms with Crippen molar-refractivity contribution in [3.8, 4) is 0 Å². The SMILES string of the molecule is CC(C)c1cccc(C(C)C)c1N1C(=O)c2ccc3c4cccc5c(C(C)(C)c6ccc(C(C)(C)c7ccc8c9ccc%10c%11c(ccc(c%12cccc7c%128)c%119)C(=O)N(c7c(C(C)C)cccc7C(C)C)C%10=O)cc6)ccc(c6ccc(c2c36)C1=O)c54. The van der Waals surface area contributed by atoms with Crippen molar-refractivity contribution in [2.24, 2.45) is 0 Å². The van der Waals surface area contributed by atoms with Crippen molar-refractivity contribution in [1.29, 1.82) is 0 Å². The summed E-state index contributed by atoms with van der Waals surface area (Å²) in [5.74, 6) is -0.655. The summed E-state index contributed by atoms with van der Waals surface area (Å²) in [6, 6.07) is 60.0. The Morgan fingerprint density at radius 1 is 0.267 bits per heavy atom. The van der Waals surface area contributed by atoms with Crippen LogP contribution in [-0.4, -0.2) is 23.6 Å². The molecule has 422 valence electrons. The van der Waals surface area contributed by atoms with E-state index in [1.165, 1.54) is 53.6 Å². The van der Waals surface area contributed by atoms with E-state index in [2.05, 4.69) is 192 Å². The fourth-order valence-corrected chi connectivity index (χ4v) is 15.6. The van der Waals surface area contributed by atoms with E-state index in [1.807, 2.05) is 60.7 Å². The van der Waals surface area contributed by atoms with Gasteiger partial charge in [-0.25, -0.2) is 9.80 Å². The summed E-state index contributed by atoms with van der Waals surface area (Å²) < 4.78 is 0. The molecule has 15 rings (SSSR count). The maximum atomic E-state index is 14.9. The number of fused-ring (bicyclic) bond motifs is 4. The zero-order chi connectivity index (χ0) is 59.9. The van der Waals surface area contributed by atoms with E-state index in [1.54, 1.807) is 0 Å². The van der Waals surface area contributed by atoms with Crippen molar-refractivity contribution in [2.75, 3.05) is 9.80 Å². The highest BCUT2D eigenvalue weighted by molar-refractivity contribution is 6.44. The van der Waals surface area contributed by atoms with Crippen LogP contribution in [-0.2, 0) is 10.8 Å². The molecule has 13 aromatic carbocycles. The molecule has 4 amide bonds. The smallest absolute Gasteiger partial charge is 0.266 e. The Hall–Kier alpha value is -9.26. The van der Waals surface area contributed by atoms with Crippen LogP contribution in [0.2, 0.25) is 0 Å². The monoisotopic (exact) mass is 1120 g/mol. The third-order valence-corrected chi connectivity index (χ3v) is 20.1. The van der Waals surface area contributed by atoms with Crippen molar-refractivity contribution >= 4 is 121 Å². The number of nitrogens with zero attached hydrogens (tertiary/aromatic N) is 2. The molecular weight excluding hydrogens is 1050 g/mol. The molecule has 0 saturated carbocycles. The molecule has 2 heterocycles. The number of anilines is 2. The van der Waals surface area contributed by atoms with Crippen LogP contribution >= 0.6 is 0 Å². The predicted octanol–water partition coefficient (Wildman–Crippen LogP) is 20.5. The number of imide groups is 2. The molecule has 0 unspecified atom stereocenters. The lowest BCUT2D eigenvalue weighted by molar-refractivity contribution is 0.0877. The van der Waals surface area contributed by atoms with Gasteiger partial charge in [0.15, 0.2) is 0 Å². The standard InChI is InChI=1S/C80H68N2O4/c1-41(2)47-17-13-18-48(42(3)4)73(47)81-75(83)61-33-29-55-51-21-15-23-59-65(39-37-53(67(51)59)57-31-35-63(77(81)85)71(61)69(55)57)79(9,10)45-25-27-46(28-26-45)80(11,12)66-40-38-54-58-32-36-64-72-62(34-30-56(70(58)72)52-22-16-24-60(66)68(52)54)76(84)82(78(64)86)74-49(43(5)6)19-14-20-50(74)44(7)8/h13-44H,1-12H3. The molecule has 0 spiro atoms. The molecule has 0 aromatic heterocycles. The molecule has 0 aliphatic carbocycles. The number of hydrogen-bond acceptors (Lipinski definition) is 4. The molecule has 13 aromatic rings. The molecule has 2 aliphatic heterocycles. The molecule has 6 heteroatoms. The van der Waals surface area contributed by atoms with Crippen LogP contribution in [0.25, 0.3) is 86.2 Å². The zero-order valence-electron chi connectivity index (χ0n) is 51.0. The van der Waals surface area contributed by atoms with E-state index in [0.717, 1.165) is 98.3 Å². The topological polar surface area (TPSA) is 74.8 Å². The normalized spacial score (nSPS) is 14.3. The lowest BCUT2D eigenvalue weighted by Crippen LogP contribution is -2.41. The van der Waals surface area contributed by atoms with E-state index < -0.39 is 10.8 Å². The first-order valence-corrected chi connectivity index (χ1v) is 30.7. The largest absolute Gasteiger partial charge is 0.268 e. The minimum absolute atomic E-state index is 0.113. The first kappa shape index (κ1) is 53.5. The maximum Gasteiger partial charge on any atom is 0.266 e. The van der Waals surface area contributed by atoms with Crippen molar-refractivity contribution in [2.45, 2.75) is 118 Å². The molecule has 0 fully saturated rings. The summed E-state index contributed by atoms with van der Waals surface area (Å²) in [5.41, 5.74) is 11.7. The Labute approximate surface area is 501 Å². The summed E-state index contributed by atoms with van der Waals surface area (Å²) >= 11 is 0. The van der Waals surface area contributed by atoms with E-state index in [-0.39, 0.29) is 47.3 Å². The molecule has 0 N–H and O–H groups in total. The number of carbonyl (C=O) groups is 4. The van der Waals surface area contributed by atoms with Gasteiger partial charge in [0, 0.05) is 43.9 Å². The van der Waals surface area contributed by atoms with E-state index >= 15 is 0 Å². The van der Waals surface area contributed by atoms with Gasteiger partial charge in [-0.2, -0.15) is 0 Å². The first-order chi connectivity index (χ1) is 41.2. The number of benzene rings is 13. The number of amides is 4. The highest BCUT2D eigenvalue weighted by atomic mass is 16.2. The molecule has 0 bridgehead atoms. The van der Waals surface area contributed by atoms with Crippen LogP contribution in [0, 0.1) is 0 Å². The summed E-state index contributed by atoms with van der Waals surface area (Å²) in [4.78, 5) is 62.6. The fourth-order valence-electron chi connectivity index (χ4n) is 15.6. The number of hydrogen-bond donors (Lipinski definition) is 0. The van der Waals surface area contributed by atoms with E-state index in [0.29, 0.717) is 22.3 Å². The van der Waals surface area contributed by atoms with Crippen LogP contribution in [0.4, 0.5) is 11.4 Å². The van der Waals surface area contributed by atoms with Gasteiger partial charge in [-0.15, -0.1) is 0 Å². The molecule has 6 nitrogen and oxygen atoms in total. The Morgan fingerprint density at radius 3 is 0.802 bits per heavy atom. The van der Waals surface area contributed by atoms with E-state index in [9.17, 15) is 19.2 Å². The van der Waals surface area contributed by atoms with Gasteiger partial charge in [0.2, 0.25) is 0 Å². The van der Waals surface area contributed by atoms with Gasteiger partial charge < -0.3 is 0 Å². The highest BCUT2D eigenvalue weighted by Crippen LogP contribution is 2.51. The lowest BCUT2D eigenvalue weighted by Gasteiger charge is -2.33. The van der Waals surface area contributed by atoms with Crippen LogP contribution in [0.5, 0.6) is 0 Å². The van der Waals surface area contributed by atoms with Crippen LogP contribution in [0.3, 0.4) is 0 Å². The quantitative estimate of drug-likeness (QED) is 0.0777. The number of rotatable bonds is 10. The summed E-state index contributed by atoms with van der Waals surface area (Å²) in [5, 5.41) is 16.6. The summed E-state index contributed by atoms with van der Waals surface area (Å²) in [6.07, 6.45) is 0. The molecule has 86 heavy (non-hydrogen) atoms. The van der Waals surface area contributed by atoms with Crippen molar-refractivity contribution < 1.29 is 19.2 Å². The average Bonchev–Trinajstić information content (AvgIpc) is 0.792. The van der Waals surface area contributed by atoms with Crippen molar-refractivity contribution in [3.63, 3.8) is 0 Å². The van der Waals surface area contributed by atoms with Crippen LogP contribution < -0.4 is 9.80 Å². The van der Waals surface area contributed by atoms with Gasteiger partial charge in [-0.1, -0.05) is 229 Å². The van der Waals surface area contributed by atoms with Gasteiger partial charge in [0.05, 0.1) is 11.4 Å². The Bertz CT molecular complexity index is 4640. The van der Waals surface area contributed by atoms with Gasteiger partial charge >= 0.3 is 0 Å². The third kappa shape index (κ3) is 7.13. The molecular formula is C80H68N2O4. The number of carbonyl (C=O) groups excluding carboxylic acids is 4. The average molecular weight is 1120 g/mol. The molecule has 0 radical (unpaired) electrons. The zero-order valence-corrected chi connectivity index (χ0v) is 51.0. The van der Waals surface area contributed by atoms with Gasteiger partial charge in [0.25, 0.3) is 23.6 Å². The Balaban J connectivity index is 0.792. The second kappa shape index (κ2) is 18.6. The third-order valence-electron chi connectivity index (χ3n) is 20.1. The molecule has 0 atom stereocenters. The Kier molecular flexibility index (Phi) is 11.6. The summed E-state index contributed by atoms with van der Waals surface area (Å²) in [6.45, 7) is 26.2. The van der Waals surface area contributed by atoms with Crippen LogP contribution in [0.1, 0.15) is 193 Å².